The summed E-state index contributed by atoms with van der Waals surface area (Å²) in [6, 6.07) is 13.2. The van der Waals surface area contributed by atoms with Gasteiger partial charge < -0.3 is 10.1 Å². The molecule has 0 fully saturated rings. The van der Waals surface area contributed by atoms with Crippen molar-refractivity contribution in [1.29, 1.82) is 0 Å². The second kappa shape index (κ2) is 6.82. The van der Waals surface area contributed by atoms with Crippen molar-refractivity contribution in [1.82, 2.24) is 10.3 Å². The summed E-state index contributed by atoms with van der Waals surface area (Å²) in [5.74, 6) is -0.193. The molecule has 0 radical (unpaired) electrons. The van der Waals surface area contributed by atoms with Crippen molar-refractivity contribution in [2.75, 3.05) is 13.7 Å². The first-order valence-corrected chi connectivity index (χ1v) is 6.50. The first-order valence-electron chi connectivity index (χ1n) is 6.50. The Hall–Kier alpha value is -2.20. The molecule has 0 aliphatic rings. The molecule has 1 heterocycles. The van der Waals surface area contributed by atoms with Crippen LogP contribution in [0.25, 0.3) is 0 Å². The minimum Gasteiger partial charge on any atom is -0.375 e. The largest absolute Gasteiger partial charge is 0.375 e. The summed E-state index contributed by atoms with van der Waals surface area (Å²) in [4.78, 5) is 16.0. The number of hydrogen-bond acceptors (Lipinski definition) is 3. The molecule has 1 unspecified atom stereocenters. The standard InChI is InChI=1S/C16H18N2O2/c1-12-7-3-4-8-13(12)15(20-2)11-18-16(19)14-9-5-6-10-17-14/h3-10,15H,11H2,1-2H3,(H,18,19). The molecule has 0 spiro atoms. The molecule has 1 aromatic heterocycles. The van der Waals surface area contributed by atoms with E-state index in [9.17, 15) is 4.79 Å². The van der Waals surface area contributed by atoms with Gasteiger partial charge >= 0.3 is 0 Å². The number of nitrogens with zero attached hydrogens (tertiary/aromatic N) is 1. The maximum atomic E-state index is 12.0. The number of rotatable bonds is 5. The molecule has 2 rings (SSSR count). The van der Waals surface area contributed by atoms with Gasteiger partial charge in [-0.3, -0.25) is 9.78 Å². The molecule has 0 aliphatic carbocycles. The van der Waals surface area contributed by atoms with Crippen molar-refractivity contribution >= 4 is 5.91 Å². The molecule has 1 atom stereocenters. The second-order valence-electron chi connectivity index (χ2n) is 4.51. The van der Waals surface area contributed by atoms with Gasteiger partial charge in [0.1, 0.15) is 5.69 Å². The lowest BCUT2D eigenvalue weighted by molar-refractivity contribution is 0.0822. The van der Waals surface area contributed by atoms with E-state index in [4.69, 9.17) is 4.74 Å². The van der Waals surface area contributed by atoms with Crippen LogP contribution < -0.4 is 5.32 Å². The first-order chi connectivity index (χ1) is 9.72. The van der Waals surface area contributed by atoms with Crippen LogP contribution in [-0.2, 0) is 4.74 Å². The van der Waals surface area contributed by atoms with Gasteiger partial charge in [0.2, 0.25) is 0 Å². The van der Waals surface area contributed by atoms with E-state index in [1.54, 1.807) is 31.5 Å². The topological polar surface area (TPSA) is 51.2 Å². The van der Waals surface area contributed by atoms with Gasteiger partial charge in [0.15, 0.2) is 0 Å². The third-order valence-electron chi connectivity index (χ3n) is 3.17. The average molecular weight is 270 g/mol. The third-order valence-corrected chi connectivity index (χ3v) is 3.17. The van der Waals surface area contributed by atoms with Crippen LogP contribution in [0.3, 0.4) is 0 Å². The van der Waals surface area contributed by atoms with Crippen LogP contribution in [0.1, 0.15) is 27.7 Å². The van der Waals surface area contributed by atoms with Gasteiger partial charge in [-0.05, 0) is 30.2 Å². The smallest absolute Gasteiger partial charge is 0.269 e. The molecule has 1 aromatic carbocycles. The minimum atomic E-state index is -0.193. The Kier molecular flexibility index (Phi) is 4.85. The Morgan fingerprint density at radius 2 is 2.00 bits per heavy atom. The summed E-state index contributed by atoms with van der Waals surface area (Å²) in [5, 5.41) is 2.85. The predicted molar refractivity (Wildman–Crippen MR) is 77.5 cm³/mol. The first kappa shape index (κ1) is 14.2. The number of carbonyl (C=O) groups excluding carboxylic acids is 1. The van der Waals surface area contributed by atoms with Gasteiger partial charge in [0.25, 0.3) is 5.91 Å². The van der Waals surface area contributed by atoms with Crippen LogP contribution in [0.2, 0.25) is 0 Å². The van der Waals surface area contributed by atoms with Crippen molar-refractivity contribution in [3.05, 3.63) is 65.5 Å². The monoisotopic (exact) mass is 270 g/mol. The highest BCUT2D eigenvalue weighted by molar-refractivity contribution is 5.92. The van der Waals surface area contributed by atoms with E-state index in [2.05, 4.69) is 10.3 Å². The van der Waals surface area contributed by atoms with E-state index in [0.29, 0.717) is 12.2 Å². The lowest BCUT2D eigenvalue weighted by Gasteiger charge is -2.18. The maximum Gasteiger partial charge on any atom is 0.269 e. The zero-order valence-corrected chi connectivity index (χ0v) is 11.7. The zero-order chi connectivity index (χ0) is 14.4. The number of carbonyl (C=O) groups is 1. The van der Waals surface area contributed by atoms with E-state index < -0.39 is 0 Å². The minimum absolute atomic E-state index is 0.163. The van der Waals surface area contributed by atoms with Gasteiger partial charge in [0.05, 0.1) is 6.10 Å². The third kappa shape index (κ3) is 3.42. The molecule has 104 valence electrons. The Morgan fingerprint density at radius 1 is 1.25 bits per heavy atom. The van der Waals surface area contributed by atoms with E-state index in [1.807, 2.05) is 31.2 Å². The normalized spacial score (nSPS) is 11.9. The van der Waals surface area contributed by atoms with E-state index in [1.165, 1.54) is 0 Å². The predicted octanol–water partition coefficient (Wildman–Crippen LogP) is 2.51. The number of hydrogen-bond donors (Lipinski definition) is 1. The number of ether oxygens (including phenoxy) is 1. The van der Waals surface area contributed by atoms with Crippen LogP contribution in [0.15, 0.2) is 48.7 Å². The molecule has 1 amide bonds. The molecule has 4 heteroatoms. The van der Waals surface area contributed by atoms with E-state index >= 15 is 0 Å². The second-order valence-corrected chi connectivity index (χ2v) is 4.51. The van der Waals surface area contributed by atoms with E-state index in [-0.39, 0.29) is 12.0 Å². The van der Waals surface area contributed by atoms with Crippen molar-refractivity contribution in [3.63, 3.8) is 0 Å². The fraction of sp³-hybridized carbons (Fsp3) is 0.250. The molecule has 0 saturated carbocycles. The van der Waals surface area contributed by atoms with E-state index in [0.717, 1.165) is 11.1 Å². The van der Waals surface area contributed by atoms with Crippen molar-refractivity contribution in [2.24, 2.45) is 0 Å². The molecular formula is C16H18N2O2. The fourth-order valence-electron chi connectivity index (χ4n) is 2.04. The summed E-state index contributed by atoms with van der Waals surface area (Å²) in [6.45, 7) is 2.44. The molecule has 1 N–H and O–H groups in total. The highest BCUT2D eigenvalue weighted by atomic mass is 16.5. The van der Waals surface area contributed by atoms with Crippen LogP contribution >= 0.6 is 0 Å². The average Bonchev–Trinajstić information content (AvgIpc) is 2.50. The van der Waals surface area contributed by atoms with Crippen LogP contribution in [-0.4, -0.2) is 24.5 Å². The number of nitrogens with one attached hydrogen (secondary N) is 1. The quantitative estimate of drug-likeness (QED) is 0.908. The Balaban J connectivity index is 2.02. The van der Waals surface area contributed by atoms with Gasteiger partial charge in [-0.15, -0.1) is 0 Å². The Bertz CT molecular complexity index is 570. The SMILES string of the molecule is COC(CNC(=O)c1ccccn1)c1ccccc1C. The Labute approximate surface area is 118 Å². The lowest BCUT2D eigenvalue weighted by atomic mass is 10.0. The molecule has 0 bridgehead atoms. The van der Waals surface area contributed by atoms with Crippen molar-refractivity contribution in [2.45, 2.75) is 13.0 Å². The summed E-state index contributed by atoms with van der Waals surface area (Å²) < 4.78 is 5.47. The highest BCUT2D eigenvalue weighted by Gasteiger charge is 2.14. The maximum absolute atomic E-state index is 12.0. The van der Waals surface area contributed by atoms with Crippen LogP contribution in [0, 0.1) is 6.92 Å². The van der Waals surface area contributed by atoms with Crippen LogP contribution in [0.5, 0.6) is 0 Å². The molecule has 0 saturated heterocycles. The highest BCUT2D eigenvalue weighted by Crippen LogP contribution is 2.19. The summed E-state index contributed by atoms with van der Waals surface area (Å²) in [7, 11) is 1.64. The number of benzene rings is 1. The van der Waals surface area contributed by atoms with Crippen molar-refractivity contribution < 1.29 is 9.53 Å². The Morgan fingerprint density at radius 3 is 2.65 bits per heavy atom. The lowest BCUT2D eigenvalue weighted by Crippen LogP contribution is -2.30. The number of aryl methyl sites for hydroxylation is 1. The summed E-state index contributed by atoms with van der Waals surface area (Å²) in [6.07, 6.45) is 1.44. The molecule has 4 nitrogen and oxygen atoms in total. The van der Waals surface area contributed by atoms with Crippen LogP contribution in [0.4, 0.5) is 0 Å². The number of pyridine rings is 1. The molecule has 20 heavy (non-hydrogen) atoms. The number of aromatic nitrogens is 1. The van der Waals surface area contributed by atoms with Gasteiger partial charge in [0, 0.05) is 19.9 Å². The molecule has 0 aliphatic heterocycles. The summed E-state index contributed by atoms with van der Waals surface area (Å²) in [5.41, 5.74) is 2.63. The number of methoxy groups -OCH3 is 1. The van der Waals surface area contributed by atoms with Gasteiger partial charge in [-0.25, -0.2) is 0 Å². The van der Waals surface area contributed by atoms with Gasteiger partial charge in [-0.1, -0.05) is 30.3 Å². The van der Waals surface area contributed by atoms with Gasteiger partial charge in [-0.2, -0.15) is 0 Å². The van der Waals surface area contributed by atoms with Crippen molar-refractivity contribution in [3.8, 4) is 0 Å². The molecular weight excluding hydrogens is 252 g/mol. The zero-order valence-electron chi connectivity index (χ0n) is 11.7. The molecule has 2 aromatic rings. The summed E-state index contributed by atoms with van der Waals surface area (Å²) >= 11 is 0. The fourth-order valence-corrected chi connectivity index (χ4v) is 2.04. The number of amides is 1.